The standard InChI is InChI=1S/Na.8H2O3Si.H/c;8*1-4(2)3;/h;8*1-2H;. The topological polar surface area (TPSA) is 460 Å². The minimum atomic E-state index is -3.13. The molecule has 0 aliphatic carbocycles. The molecule has 16 N–H and O–H groups in total. The molecule has 33 heavy (non-hydrogen) atoms. The van der Waals surface area contributed by atoms with Gasteiger partial charge in [-0.05, 0) is 0 Å². The second-order valence-corrected chi connectivity index (χ2v) is 6.78. The summed E-state index contributed by atoms with van der Waals surface area (Å²) >= 11 is 0. The molecule has 194 valence electrons. The molecule has 24 nitrogen and oxygen atoms in total. The predicted octanol–water partition coefficient (Wildman–Crippen LogP) is -13.6. The van der Waals surface area contributed by atoms with Crippen molar-refractivity contribution < 1.29 is 112 Å². The minimum absolute atomic E-state index is 0. The summed E-state index contributed by atoms with van der Waals surface area (Å²) in [5, 5.41) is 0. The molecule has 0 amide bonds. The summed E-state index contributed by atoms with van der Waals surface area (Å²) in [4.78, 5) is 115. The van der Waals surface area contributed by atoms with E-state index in [0.29, 0.717) is 0 Å². The van der Waals surface area contributed by atoms with Crippen LogP contribution in [0.25, 0.3) is 0 Å². The van der Waals surface area contributed by atoms with Gasteiger partial charge in [0.1, 0.15) is 0 Å². The predicted molar refractivity (Wildman–Crippen MR) is 94.2 cm³/mol. The van der Waals surface area contributed by atoms with Crippen LogP contribution in [-0.2, 0) is 35.7 Å². The summed E-state index contributed by atoms with van der Waals surface area (Å²) in [6.07, 6.45) is 0. The Morgan fingerprint density at radius 3 is 0.212 bits per heavy atom. The molecule has 0 unspecified atom stereocenters. The Bertz CT molecular complexity index is 361. The van der Waals surface area contributed by atoms with Gasteiger partial charge in [0.05, 0.1) is 0 Å². The normalized spacial score (nSPS) is 5.82. The van der Waals surface area contributed by atoms with Gasteiger partial charge < -0.3 is 76.7 Å². The van der Waals surface area contributed by atoms with Gasteiger partial charge in [-0.1, -0.05) is 0 Å². The summed E-state index contributed by atoms with van der Waals surface area (Å²) in [7, 11) is -25.0. The molecular formula is H17NaO24Si8. The Morgan fingerprint density at radius 1 is 0.212 bits per heavy atom. The number of hydrogen-bond acceptors (Lipinski definition) is 8. The molecule has 0 fully saturated rings. The molecule has 0 aliphatic rings. The van der Waals surface area contributed by atoms with E-state index in [2.05, 4.69) is 0 Å². The molecule has 0 saturated carbocycles. The van der Waals surface area contributed by atoms with Crippen molar-refractivity contribution in [2.24, 2.45) is 0 Å². The summed E-state index contributed by atoms with van der Waals surface area (Å²) < 4.78 is 69.9. The molecule has 0 aromatic rings. The summed E-state index contributed by atoms with van der Waals surface area (Å²) in [6.45, 7) is 0. The van der Waals surface area contributed by atoms with Gasteiger partial charge >= 0.3 is 103 Å². The Labute approximate surface area is 214 Å². The van der Waals surface area contributed by atoms with E-state index in [1.807, 2.05) is 0 Å². The van der Waals surface area contributed by atoms with Crippen molar-refractivity contribution in [1.82, 2.24) is 0 Å². The van der Waals surface area contributed by atoms with Gasteiger partial charge in [0.2, 0.25) is 0 Å². The molecule has 0 saturated heterocycles. The van der Waals surface area contributed by atoms with E-state index in [-0.39, 0.29) is 29.6 Å². The van der Waals surface area contributed by atoms with Crippen LogP contribution in [0.4, 0.5) is 0 Å². The van der Waals surface area contributed by atoms with Crippen LogP contribution in [0.3, 0.4) is 0 Å². The molecule has 0 aliphatic heterocycles. The first kappa shape index (κ1) is 57.6. The molecule has 0 aromatic carbocycles. The van der Waals surface area contributed by atoms with E-state index in [0.717, 1.165) is 0 Å². The first-order chi connectivity index (χ1) is 13.9. The van der Waals surface area contributed by atoms with Crippen LogP contribution in [0.5, 0.6) is 0 Å². The van der Waals surface area contributed by atoms with Crippen molar-refractivity contribution >= 4 is 103 Å². The molecule has 0 rings (SSSR count). The van der Waals surface area contributed by atoms with Crippen molar-refractivity contribution in [2.45, 2.75) is 0 Å². The Hall–Kier alpha value is -2.06. The van der Waals surface area contributed by atoms with Gasteiger partial charge in [-0.3, -0.25) is 35.7 Å². The summed E-state index contributed by atoms with van der Waals surface area (Å²) in [5.74, 6) is 0. The fourth-order valence-corrected chi connectivity index (χ4v) is 0. The first-order valence-electron chi connectivity index (χ1n) is 5.21. The maximum absolute atomic E-state index is 8.74. The van der Waals surface area contributed by atoms with Crippen molar-refractivity contribution in [2.75, 3.05) is 0 Å². The summed E-state index contributed by atoms with van der Waals surface area (Å²) in [6, 6.07) is 0. The molecule has 0 atom stereocenters. The number of rotatable bonds is 0. The van der Waals surface area contributed by atoms with E-state index in [9.17, 15) is 0 Å². The van der Waals surface area contributed by atoms with Gasteiger partial charge in [0.15, 0.2) is 0 Å². The maximum atomic E-state index is 8.74. The second-order valence-electron chi connectivity index (χ2n) is 2.26. The molecular weight excluding hydrogens is 632 g/mol. The third-order valence-electron chi connectivity index (χ3n) is 0. The van der Waals surface area contributed by atoms with E-state index < -0.39 is 73.4 Å². The third kappa shape index (κ3) is 5480. The molecule has 0 bridgehead atoms. The summed E-state index contributed by atoms with van der Waals surface area (Å²) in [5.41, 5.74) is 0. The van der Waals surface area contributed by atoms with Crippen LogP contribution in [0.1, 0.15) is 0 Å². The van der Waals surface area contributed by atoms with E-state index in [4.69, 9.17) is 112 Å². The monoisotopic (exact) mass is 648 g/mol. The van der Waals surface area contributed by atoms with E-state index in [1.54, 1.807) is 0 Å². The Morgan fingerprint density at radius 2 is 0.212 bits per heavy atom. The molecule has 33 heteroatoms. The SMILES string of the molecule is O=[Si](O)O.O=[Si](O)O.O=[Si](O)O.O=[Si](O)O.O=[Si](O)O.O=[Si](O)O.O=[Si](O)O.O=[Si](O)O.[NaH]. The van der Waals surface area contributed by atoms with Crippen LogP contribution in [0.15, 0.2) is 0 Å². The van der Waals surface area contributed by atoms with Gasteiger partial charge in [-0.2, -0.15) is 0 Å². The zero-order valence-corrected chi connectivity index (χ0v) is 22.4. The Kier molecular flexibility index (Phi) is 90.9. The average molecular weight is 649 g/mol. The second kappa shape index (κ2) is 52.1. The van der Waals surface area contributed by atoms with E-state index in [1.165, 1.54) is 0 Å². The van der Waals surface area contributed by atoms with Crippen molar-refractivity contribution in [1.29, 1.82) is 0 Å². The van der Waals surface area contributed by atoms with Crippen LogP contribution < -0.4 is 0 Å². The van der Waals surface area contributed by atoms with Crippen LogP contribution >= 0.6 is 0 Å². The van der Waals surface area contributed by atoms with Gasteiger partial charge in [0, 0.05) is 0 Å². The fraction of sp³-hybridized carbons (Fsp3) is 0. The zero-order chi connectivity index (χ0) is 28.6. The van der Waals surface area contributed by atoms with Crippen LogP contribution in [0.2, 0.25) is 0 Å². The Balaban J connectivity index is -0.0000000284. The quantitative estimate of drug-likeness (QED) is 0.108. The molecule has 0 heterocycles. The van der Waals surface area contributed by atoms with E-state index >= 15 is 0 Å². The average Bonchev–Trinajstić information content (AvgIpc) is 2.30. The van der Waals surface area contributed by atoms with Gasteiger partial charge in [-0.25, -0.2) is 0 Å². The number of hydrogen-bond donors (Lipinski definition) is 16. The van der Waals surface area contributed by atoms with Crippen molar-refractivity contribution in [3.63, 3.8) is 0 Å². The third-order valence-corrected chi connectivity index (χ3v) is 0. The van der Waals surface area contributed by atoms with Crippen LogP contribution in [-0.4, -0.2) is 180 Å². The van der Waals surface area contributed by atoms with Gasteiger partial charge in [0.25, 0.3) is 0 Å². The van der Waals surface area contributed by atoms with Crippen molar-refractivity contribution in [3.8, 4) is 0 Å². The first-order valence-corrected chi connectivity index (χ1v) is 15.6. The van der Waals surface area contributed by atoms with Crippen molar-refractivity contribution in [3.05, 3.63) is 0 Å². The molecule has 0 aromatic heterocycles. The van der Waals surface area contributed by atoms with Crippen LogP contribution in [0, 0.1) is 0 Å². The zero-order valence-electron chi connectivity index (χ0n) is 14.4. The molecule has 0 spiro atoms. The van der Waals surface area contributed by atoms with Gasteiger partial charge in [-0.15, -0.1) is 0 Å². The molecule has 0 radical (unpaired) electrons. The fourth-order valence-electron chi connectivity index (χ4n) is 0.